The smallest absolute Gasteiger partial charge is 0.0891 e. The van der Waals surface area contributed by atoms with Gasteiger partial charge in [0.15, 0.2) is 0 Å². The second-order valence-corrected chi connectivity index (χ2v) is 7.53. The van der Waals surface area contributed by atoms with Crippen molar-refractivity contribution in [2.45, 2.75) is 37.5 Å². The molecule has 0 atom stereocenters. The van der Waals surface area contributed by atoms with Gasteiger partial charge in [-0.25, -0.2) is 0 Å². The molecule has 1 aliphatic heterocycles. The molecule has 118 valence electrons. The molecule has 0 bridgehead atoms. The van der Waals surface area contributed by atoms with E-state index in [1.807, 2.05) is 11.7 Å². The molecule has 7 heteroatoms. The van der Waals surface area contributed by atoms with E-state index in [1.165, 1.54) is 0 Å². The summed E-state index contributed by atoms with van der Waals surface area (Å²) in [5, 5.41) is 5.30. The molecule has 2 heterocycles. The monoisotopic (exact) mass is 346 g/mol. The van der Waals surface area contributed by atoms with Crippen LogP contribution in [-0.4, -0.2) is 43.8 Å². The number of piperidine rings is 1. The van der Waals surface area contributed by atoms with Crippen LogP contribution in [0.25, 0.3) is 0 Å². The molecule has 21 heavy (non-hydrogen) atoms. The number of aryl methyl sites for hydroxylation is 2. The van der Waals surface area contributed by atoms with Crippen LogP contribution in [-0.2, 0) is 20.0 Å². The van der Waals surface area contributed by atoms with E-state index in [9.17, 15) is 0 Å². The lowest BCUT2D eigenvalue weighted by Crippen LogP contribution is -2.49. The zero-order valence-electron chi connectivity index (χ0n) is 12.9. The molecule has 0 aliphatic carbocycles. The summed E-state index contributed by atoms with van der Waals surface area (Å²) in [5.41, 5.74) is 8.01. The average molecular weight is 347 g/mol. The molecule has 1 saturated heterocycles. The first kappa shape index (κ1) is 17.1. The molecule has 0 aromatic carbocycles. The van der Waals surface area contributed by atoms with Gasteiger partial charge in [0.25, 0.3) is 0 Å². The summed E-state index contributed by atoms with van der Waals surface area (Å²) < 4.78 is 1.88. The Bertz CT molecular complexity index is 521. The topological polar surface area (TPSA) is 47.1 Å². The third-order valence-electron chi connectivity index (χ3n) is 4.38. The highest BCUT2D eigenvalue weighted by atomic mass is 35.5. The van der Waals surface area contributed by atoms with Gasteiger partial charge in [0.05, 0.1) is 26.1 Å². The fourth-order valence-electron chi connectivity index (χ4n) is 2.83. The van der Waals surface area contributed by atoms with Crippen LogP contribution in [0.2, 0.25) is 5.02 Å². The van der Waals surface area contributed by atoms with Crippen molar-refractivity contribution in [2.75, 3.05) is 19.3 Å². The Morgan fingerprint density at radius 2 is 2.10 bits per heavy atom. The summed E-state index contributed by atoms with van der Waals surface area (Å²) in [4.78, 5) is 3.05. The van der Waals surface area contributed by atoms with Crippen LogP contribution in [0.5, 0.6) is 0 Å². The van der Waals surface area contributed by atoms with E-state index < -0.39 is 0 Å². The Hall–Kier alpha value is -0.300. The zero-order chi connectivity index (χ0) is 15.6. The molecule has 0 unspecified atom stereocenters. The molecular weight excluding hydrogens is 324 g/mol. The van der Waals surface area contributed by atoms with Crippen molar-refractivity contribution in [3.05, 3.63) is 16.4 Å². The van der Waals surface area contributed by atoms with E-state index in [0.717, 1.165) is 55.3 Å². The van der Waals surface area contributed by atoms with Crippen molar-refractivity contribution in [3.63, 3.8) is 0 Å². The van der Waals surface area contributed by atoms with Gasteiger partial charge < -0.3 is 5.73 Å². The normalized spacial score (nSPS) is 18.9. The van der Waals surface area contributed by atoms with Crippen molar-refractivity contribution in [3.8, 4) is 0 Å². The molecule has 1 aromatic rings. The van der Waals surface area contributed by atoms with E-state index in [1.54, 1.807) is 11.8 Å². The second-order valence-electron chi connectivity index (χ2n) is 5.52. The minimum atomic E-state index is -0.0311. The molecule has 2 rings (SSSR count). The van der Waals surface area contributed by atoms with Crippen LogP contribution in [0.3, 0.4) is 0 Å². The summed E-state index contributed by atoms with van der Waals surface area (Å²) >= 11 is 13.5. The number of nitrogens with zero attached hydrogens (tertiary/aromatic N) is 3. The first-order valence-electron chi connectivity index (χ1n) is 7.21. The van der Waals surface area contributed by atoms with Crippen LogP contribution < -0.4 is 5.73 Å². The van der Waals surface area contributed by atoms with Crippen LogP contribution >= 0.6 is 35.6 Å². The molecule has 1 fully saturated rings. The van der Waals surface area contributed by atoms with Gasteiger partial charge in [-0.1, -0.05) is 30.7 Å². The van der Waals surface area contributed by atoms with Gasteiger partial charge in [0.2, 0.25) is 0 Å². The quantitative estimate of drug-likeness (QED) is 0.830. The summed E-state index contributed by atoms with van der Waals surface area (Å²) in [5.74, 6) is 0. The Balaban J connectivity index is 2.04. The number of rotatable bonds is 5. The van der Waals surface area contributed by atoms with Gasteiger partial charge in [-0.05, 0) is 25.5 Å². The Morgan fingerprint density at radius 1 is 1.48 bits per heavy atom. The maximum atomic E-state index is 6.43. The Labute approximate surface area is 141 Å². The first-order chi connectivity index (χ1) is 9.93. The van der Waals surface area contributed by atoms with Crippen LogP contribution in [0.1, 0.15) is 31.2 Å². The summed E-state index contributed by atoms with van der Waals surface area (Å²) in [6.07, 6.45) is 4.96. The largest absolute Gasteiger partial charge is 0.392 e. The Morgan fingerprint density at radius 3 is 2.52 bits per heavy atom. The lowest BCUT2D eigenvalue weighted by molar-refractivity contribution is 0.208. The third kappa shape index (κ3) is 3.38. The number of aromatic nitrogens is 2. The number of thioether (sulfide) groups is 1. The molecule has 0 amide bonds. The van der Waals surface area contributed by atoms with Crippen molar-refractivity contribution < 1.29 is 0 Å². The van der Waals surface area contributed by atoms with Gasteiger partial charge >= 0.3 is 0 Å². The fraction of sp³-hybridized carbons (Fsp3) is 0.714. The maximum absolute atomic E-state index is 6.43. The van der Waals surface area contributed by atoms with E-state index in [0.29, 0.717) is 4.99 Å². The molecule has 1 aromatic heterocycles. The highest BCUT2D eigenvalue weighted by Gasteiger charge is 2.36. The molecule has 2 N–H and O–H groups in total. The van der Waals surface area contributed by atoms with Crippen LogP contribution in [0.15, 0.2) is 0 Å². The van der Waals surface area contributed by atoms with E-state index in [2.05, 4.69) is 23.2 Å². The summed E-state index contributed by atoms with van der Waals surface area (Å²) in [6, 6.07) is 0. The summed E-state index contributed by atoms with van der Waals surface area (Å²) in [7, 11) is 1.96. The molecule has 0 saturated carbocycles. The molecule has 1 aliphatic rings. The molecule has 0 spiro atoms. The average Bonchev–Trinajstić information content (AvgIpc) is 2.75. The van der Waals surface area contributed by atoms with Crippen molar-refractivity contribution in [1.29, 1.82) is 0 Å². The highest BCUT2D eigenvalue weighted by Crippen LogP contribution is 2.35. The number of likely N-dealkylation sites (tertiary alicyclic amines) is 1. The standard InChI is InChI=1S/C14H23ClN4S2/c1-4-10-12(15)11(18(2)17-10)9-19-7-5-14(21-3,6-8-19)13(16)20/h4-9H2,1-3H3,(H2,16,20). The minimum absolute atomic E-state index is 0.0311. The maximum Gasteiger partial charge on any atom is 0.0891 e. The zero-order valence-corrected chi connectivity index (χ0v) is 15.2. The van der Waals surface area contributed by atoms with Gasteiger partial charge in [-0.15, -0.1) is 0 Å². The Kier molecular flexibility index (Phi) is 5.57. The SMILES string of the molecule is CCc1nn(C)c(CN2CCC(SC)(C(N)=S)CC2)c1Cl. The summed E-state index contributed by atoms with van der Waals surface area (Å²) in [6.45, 7) is 4.89. The number of hydrogen-bond acceptors (Lipinski definition) is 4. The fourth-order valence-corrected chi connectivity index (χ4v) is 4.43. The number of nitrogens with two attached hydrogens (primary N) is 1. The van der Waals surface area contributed by atoms with Gasteiger partial charge in [0.1, 0.15) is 0 Å². The minimum Gasteiger partial charge on any atom is -0.392 e. The van der Waals surface area contributed by atoms with Crippen molar-refractivity contribution in [2.24, 2.45) is 12.8 Å². The van der Waals surface area contributed by atoms with Crippen molar-refractivity contribution >= 4 is 40.6 Å². The predicted octanol–water partition coefficient (Wildman–Crippen LogP) is 2.62. The van der Waals surface area contributed by atoms with E-state index >= 15 is 0 Å². The molecule has 0 radical (unpaired) electrons. The lowest BCUT2D eigenvalue weighted by atomic mass is 9.95. The number of hydrogen-bond donors (Lipinski definition) is 1. The van der Waals surface area contributed by atoms with E-state index in [4.69, 9.17) is 29.6 Å². The third-order valence-corrected chi connectivity index (χ3v) is 6.75. The number of halogens is 1. The van der Waals surface area contributed by atoms with Crippen LogP contribution in [0, 0.1) is 0 Å². The van der Waals surface area contributed by atoms with Crippen LogP contribution in [0.4, 0.5) is 0 Å². The predicted molar refractivity (Wildman–Crippen MR) is 95.1 cm³/mol. The first-order valence-corrected chi connectivity index (χ1v) is 9.22. The second kappa shape index (κ2) is 6.86. The van der Waals surface area contributed by atoms with Gasteiger partial charge in [-0.3, -0.25) is 9.58 Å². The van der Waals surface area contributed by atoms with Gasteiger partial charge in [-0.2, -0.15) is 16.9 Å². The van der Waals surface area contributed by atoms with Crippen molar-refractivity contribution in [1.82, 2.24) is 14.7 Å². The lowest BCUT2D eigenvalue weighted by Gasteiger charge is -2.40. The molecular formula is C14H23ClN4S2. The molecule has 4 nitrogen and oxygen atoms in total. The number of thiocarbonyl (C=S) groups is 1. The highest BCUT2D eigenvalue weighted by molar-refractivity contribution is 8.02. The van der Waals surface area contributed by atoms with Gasteiger partial charge in [0, 0.05) is 26.7 Å². The van der Waals surface area contributed by atoms with E-state index in [-0.39, 0.29) is 4.75 Å².